The average molecular weight is 330 g/mol. The van der Waals surface area contributed by atoms with Gasteiger partial charge in [-0.25, -0.2) is 0 Å². The van der Waals surface area contributed by atoms with Gasteiger partial charge in [-0.1, -0.05) is 58.4 Å². The molecule has 1 atom stereocenters. The van der Waals surface area contributed by atoms with Crippen LogP contribution >= 0.6 is 15.9 Å². The van der Waals surface area contributed by atoms with Crippen LogP contribution in [0, 0.1) is 0 Å². The molecular weight excluding hydrogens is 314 g/mol. The fourth-order valence-corrected chi connectivity index (χ4v) is 2.10. The second-order valence-electron chi connectivity index (χ2n) is 4.53. The van der Waals surface area contributed by atoms with Crippen LogP contribution < -0.4 is 5.32 Å². The summed E-state index contributed by atoms with van der Waals surface area (Å²) < 4.78 is 1.03. The topological polar surface area (TPSA) is 29.1 Å². The molecule has 0 aliphatic rings. The predicted octanol–water partition coefficient (Wildman–Crippen LogP) is 4.34. The smallest absolute Gasteiger partial charge is 0.244 e. The number of nitrogens with one attached hydrogen (secondary N) is 1. The van der Waals surface area contributed by atoms with Crippen molar-refractivity contribution in [3.63, 3.8) is 0 Å². The highest BCUT2D eigenvalue weighted by Crippen LogP contribution is 2.16. The van der Waals surface area contributed by atoms with E-state index in [0.29, 0.717) is 0 Å². The van der Waals surface area contributed by atoms with Crippen LogP contribution in [0.2, 0.25) is 0 Å². The largest absolute Gasteiger partial charge is 0.346 e. The molecule has 0 spiro atoms. The third-order valence-electron chi connectivity index (χ3n) is 2.96. The molecule has 0 aromatic heterocycles. The van der Waals surface area contributed by atoms with E-state index in [4.69, 9.17) is 0 Å². The van der Waals surface area contributed by atoms with Gasteiger partial charge in [0.15, 0.2) is 0 Å². The molecule has 0 bridgehead atoms. The molecule has 20 heavy (non-hydrogen) atoms. The van der Waals surface area contributed by atoms with Crippen molar-refractivity contribution in [1.82, 2.24) is 5.32 Å². The van der Waals surface area contributed by atoms with E-state index in [-0.39, 0.29) is 11.9 Å². The first-order chi connectivity index (χ1) is 9.65. The molecule has 2 nitrogen and oxygen atoms in total. The average Bonchev–Trinajstić information content (AvgIpc) is 2.47. The molecule has 0 aliphatic heterocycles. The standard InChI is InChI=1S/C17H16BrNO/c1-13(15-8-10-16(18)11-9-15)19-17(20)12-7-14-5-3-2-4-6-14/h2-13H,1H3,(H,19,20)/b12-7+/t13-/m1/s1. The van der Waals surface area contributed by atoms with Crippen molar-refractivity contribution in [2.75, 3.05) is 0 Å². The summed E-state index contributed by atoms with van der Waals surface area (Å²) in [6, 6.07) is 17.7. The highest BCUT2D eigenvalue weighted by atomic mass is 79.9. The number of amides is 1. The second-order valence-corrected chi connectivity index (χ2v) is 5.44. The predicted molar refractivity (Wildman–Crippen MR) is 86.2 cm³/mol. The van der Waals surface area contributed by atoms with Gasteiger partial charge in [-0.2, -0.15) is 0 Å². The minimum absolute atomic E-state index is 0.0176. The Labute approximate surface area is 127 Å². The number of hydrogen-bond donors (Lipinski definition) is 1. The van der Waals surface area contributed by atoms with E-state index < -0.39 is 0 Å². The fourth-order valence-electron chi connectivity index (χ4n) is 1.83. The Balaban J connectivity index is 1.94. The Bertz CT molecular complexity index is 590. The number of rotatable bonds is 4. The SMILES string of the molecule is C[C@@H](NC(=O)/C=C/c1ccccc1)c1ccc(Br)cc1. The summed E-state index contributed by atoms with van der Waals surface area (Å²) in [5.74, 6) is -0.0933. The van der Waals surface area contributed by atoms with Gasteiger partial charge in [0.2, 0.25) is 5.91 Å². The number of benzene rings is 2. The molecule has 0 heterocycles. The Morgan fingerprint density at radius 2 is 1.75 bits per heavy atom. The van der Waals surface area contributed by atoms with Gasteiger partial charge >= 0.3 is 0 Å². The van der Waals surface area contributed by atoms with E-state index >= 15 is 0 Å². The normalized spacial score (nSPS) is 12.3. The zero-order chi connectivity index (χ0) is 14.4. The van der Waals surface area contributed by atoms with Gasteiger partial charge in [0.05, 0.1) is 6.04 Å². The van der Waals surface area contributed by atoms with Crippen molar-refractivity contribution < 1.29 is 4.79 Å². The quantitative estimate of drug-likeness (QED) is 0.830. The molecule has 0 fully saturated rings. The van der Waals surface area contributed by atoms with Crippen molar-refractivity contribution in [2.45, 2.75) is 13.0 Å². The van der Waals surface area contributed by atoms with Gasteiger partial charge in [0, 0.05) is 10.5 Å². The number of halogens is 1. The number of carbonyl (C=O) groups excluding carboxylic acids is 1. The highest BCUT2D eigenvalue weighted by Gasteiger charge is 2.06. The van der Waals surface area contributed by atoms with Gasteiger partial charge in [0.25, 0.3) is 0 Å². The van der Waals surface area contributed by atoms with E-state index in [2.05, 4.69) is 21.2 Å². The second kappa shape index (κ2) is 7.06. The van der Waals surface area contributed by atoms with E-state index in [9.17, 15) is 4.79 Å². The van der Waals surface area contributed by atoms with Crippen molar-refractivity contribution >= 4 is 27.9 Å². The molecule has 1 N–H and O–H groups in total. The van der Waals surface area contributed by atoms with Gasteiger partial charge in [-0.15, -0.1) is 0 Å². The molecule has 1 amide bonds. The molecule has 0 radical (unpaired) electrons. The Morgan fingerprint density at radius 1 is 1.10 bits per heavy atom. The number of hydrogen-bond acceptors (Lipinski definition) is 1. The molecule has 0 aliphatic carbocycles. The molecule has 3 heteroatoms. The van der Waals surface area contributed by atoms with Crippen LogP contribution in [0.3, 0.4) is 0 Å². The summed E-state index contributed by atoms with van der Waals surface area (Å²) in [5, 5.41) is 2.94. The van der Waals surface area contributed by atoms with Crippen molar-refractivity contribution in [2.24, 2.45) is 0 Å². The fraction of sp³-hybridized carbons (Fsp3) is 0.118. The third kappa shape index (κ3) is 4.35. The van der Waals surface area contributed by atoms with Crippen molar-refractivity contribution in [3.05, 3.63) is 76.3 Å². The zero-order valence-electron chi connectivity index (χ0n) is 11.2. The summed E-state index contributed by atoms with van der Waals surface area (Å²) in [5.41, 5.74) is 2.09. The summed E-state index contributed by atoms with van der Waals surface area (Å²) in [4.78, 5) is 11.9. The Morgan fingerprint density at radius 3 is 2.40 bits per heavy atom. The van der Waals surface area contributed by atoms with Crippen LogP contribution in [0.4, 0.5) is 0 Å². The highest BCUT2D eigenvalue weighted by molar-refractivity contribution is 9.10. The molecule has 0 saturated heterocycles. The third-order valence-corrected chi connectivity index (χ3v) is 3.48. The molecule has 2 aromatic carbocycles. The Kier molecular flexibility index (Phi) is 5.13. The van der Waals surface area contributed by atoms with Crippen LogP contribution in [0.5, 0.6) is 0 Å². The molecular formula is C17H16BrNO. The van der Waals surface area contributed by atoms with Crippen LogP contribution in [0.1, 0.15) is 24.1 Å². The van der Waals surface area contributed by atoms with Gasteiger partial charge in [0.1, 0.15) is 0 Å². The molecule has 102 valence electrons. The first-order valence-corrected chi connectivity index (χ1v) is 7.23. The van der Waals surface area contributed by atoms with Crippen LogP contribution in [0.15, 0.2) is 65.1 Å². The lowest BCUT2D eigenvalue weighted by Crippen LogP contribution is -2.24. The maximum absolute atomic E-state index is 11.9. The lowest BCUT2D eigenvalue weighted by molar-refractivity contribution is -0.117. The van der Waals surface area contributed by atoms with Crippen molar-refractivity contribution in [3.8, 4) is 0 Å². The van der Waals surface area contributed by atoms with Gasteiger partial charge < -0.3 is 5.32 Å². The van der Waals surface area contributed by atoms with E-state index in [1.54, 1.807) is 6.08 Å². The molecule has 2 aromatic rings. The molecule has 0 saturated carbocycles. The lowest BCUT2D eigenvalue weighted by atomic mass is 10.1. The van der Waals surface area contributed by atoms with Gasteiger partial charge in [-0.3, -0.25) is 4.79 Å². The first kappa shape index (κ1) is 14.5. The summed E-state index contributed by atoms with van der Waals surface area (Å²) >= 11 is 3.40. The van der Waals surface area contributed by atoms with E-state index in [0.717, 1.165) is 15.6 Å². The van der Waals surface area contributed by atoms with Crippen LogP contribution in [-0.4, -0.2) is 5.91 Å². The van der Waals surface area contributed by atoms with Gasteiger partial charge in [-0.05, 0) is 36.3 Å². The Hall–Kier alpha value is -1.87. The van der Waals surface area contributed by atoms with Crippen LogP contribution in [0.25, 0.3) is 6.08 Å². The summed E-state index contributed by atoms with van der Waals surface area (Å²) in [6.07, 6.45) is 3.37. The monoisotopic (exact) mass is 329 g/mol. The number of carbonyl (C=O) groups is 1. The maximum Gasteiger partial charge on any atom is 0.244 e. The zero-order valence-corrected chi connectivity index (χ0v) is 12.8. The summed E-state index contributed by atoms with van der Waals surface area (Å²) in [7, 11) is 0. The van der Waals surface area contributed by atoms with Crippen LogP contribution in [-0.2, 0) is 4.79 Å². The lowest BCUT2D eigenvalue weighted by Gasteiger charge is -2.12. The molecule has 0 unspecified atom stereocenters. The minimum Gasteiger partial charge on any atom is -0.346 e. The van der Waals surface area contributed by atoms with E-state index in [1.807, 2.05) is 67.6 Å². The summed E-state index contributed by atoms with van der Waals surface area (Å²) in [6.45, 7) is 1.97. The first-order valence-electron chi connectivity index (χ1n) is 6.44. The van der Waals surface area contributed by atoms with E-state index in [1.165, 1.54) is 0 Å². The maximum atomic E-state index is 11.9. The minimum atomic E-state index is -0.0933. The van der Waals surface area contributed by atoms with Crippen molar-refractivity contribution in [1.29, 1.82) is 0 Å². The molecule has 2 rings (SSSR count).